The van der Waals surface area contributed by atoms with Crippen molar-refractivity contribution in [3.8, 4) is 0 Å². The van der Waals surface area contributed by atoms with E-state index in [0.29, 0.717) is 17.6 Å². The Kier molecular flexibility index (Phi) is 8.77. The van der Waals surface area contributed by atoms with Crippen LogP contribution in [0, 0.1) is 21.7 Å². The van der Waals surface area contributed by atoms with E-state index >= 15 is 0 Å². The van der Waals surface area contributed by atoms with E-state index in [1.54, 1.807) is 0 Å². The number of hydrogen-bond acceptors (Lipinski definition) is 2. The molecule has 0 fully saturated rings. The van der Waals surface area contributed by atoms with Gasteiger partial charge in [-0.2, -0.15) is 0 Å². The van der Waals surface area contributed by atoms with Gasteiger partial charge in [0.15, 0.2) is 0 Å². The molecule has 0 amide bonds. The minimum absolute atomic E-state index is 0.129. The maximum Gasteiger partial charge on any atom is 0.138 e. The van der Waals surface area contributed by atoms with Crippen molar-refractivity contribution in [1.29, 1.82) is 0 Å². The van der Waals surface area contributed by atoms with Gasteiger partial charge in [-0.15, -0.1) is 0 Å². The molecule has 22 heavy (non-hydrogen) atoms. The maximum absolute atomic E-state index is 11.5. The van der Waals surface area contributed by atoms with Gasteiger partial charge in [-0.1, -0.05) is 95.3 Å². The Morgan fingerprint density at radius 1 is 0.636 bits per heavy atom. The monoisotopic (exact) mass is 328 g/mol. The third-order valence-electron chi connectivity index (χ3n) is 3.05. The molecule has 0 unspecified atom stereocenters. The van der Waals surface area contributed by atoms with Crippen LogP contribution in [0.3, 0.4) is 0 Å². The van der Waals surface area contributed by atoms with Crippen molar-refractivity contribution in [2.75, 3.05) is 0 Å². The zero-order chi connectivity index (χ0) is 18.6. The predicted octanol–water partition coefficient (Wildman–Crippen LogP) is 6.88. The summed E-state index contributed by atoms with van der Waals surface area (Å²) in [5.74, 6) is 0.352. The van der Waals surface area contributed by atoms with Crippen molar-refractivity contribution in [3.63, 3.8) is 0 Å². The first-order chi connectivity index (χ1) is 9.26. The summed E-state index contributed by atoms with van der Waals surface area (Å²) in [5.41, 5.74) is 0.491. The van der Waals surface area contributed by atoms with Crippen LogP contribution in [-0.2, 0) is 4.79 Å². The molecule has 0 aliphatic rings. The Morgan fingerprint density at radius 3 is 1.05 bits per heavy atom. The van der Waals surface area contributed by atoms with Crippen LogP contribution >= 0.6 is 12.2 Å². The Balaban J connectivity index is 0. The zero-order valence-corrected chi connectivity index (χ0v) is 18.0. The van der Waals surface area contributed by atoms with Crippen LogP contribution in [0.2, 0.25) is 0 Å². The van der Waals surface area contributed by atoms with E-state index in [1.807, 2.05) is 20.8 Å². The normalized spacial score (nSPS) is 13.3. The zero-order valence-electron chi connectivity index (χ0n) is 17.2. The van der Waals surface area contributed by atoms with Crippen LogP contribution in [-0.4, -0.2) is 10.6 Å². The Morgan fingerprint density at radius 2 is 0.955 bits per heavy atom. The van der Waals surface area contributed by atoms with Crippen molar-refractivity contribution in [1.82, 2.24) is 0 Å². The van der Waals surface area contributed by atoms with Crippen LogP contribution in [0.5, 0.6) is 0 Å². The van der Waals surface area contributed by atoms with Crippen LogP contribution in [0.1, 0.15) is 95.9 Å². The second-order valence-electron chi connectivity index (χ2n) is 10.8. The molecule has 1 nitrogen and oxygen atoms in total. The van der Waals surface area contributed by atoms with E-state index in [9.17, 15) is 4.79 Å². The number of Topliss-reactive ketones (excluding diaryl/α,β-unsaturated/α-hetero) is 1. The van der Waals surface area contributed by atoms with Gasteiger partial charge in [0.1, 0.15) is 5.78 Å². The van der Waals surface area contributed by atoms with E-state index < -0.39 is 0 Å². The number of rotatable bonds is 2. The van der Waals surface area contributed by atoms with Crippen LogP contribution in [0.15, 0.2) is 0 Å². The first kappa shape index (κ1) is 24.0. The Hall–Kier alpha value is -0.240. The van der Waals surface area contributed by atoms with Gasteiger partial charge in [-0.05, 0) is 27.5 Å². The molecular formula is C20H40OS. The second-order valence-corrected chi connectivity index (χ2v) is 11.3. The van der Waals surface area contributed by atoms with E-state index in [-0.39, 0.29) is 16.2 Å². The molecule has 0 atom stereocenters. The highest BCUT2D eigenvalue weighted by molar-refractivity contribution is 7.80. The standard InChI is InChI=1S/C10H20O.C10H20S/c2*1-9(2,3)7-8(11)10(4,5)6/h2*7H2,1-6H3. The molecule has 0 radical (unpaired) electrons. The molecule has 0 aromatic carbocycles. The lowest BCUT2D eigenvalue weighted by Gasteiger charge is -2.26. The van der Waals surface area contributed by atoms with E-state index in [0.717, 1.165) is 6.42 Å². The van der Waals surface area contributed by atoms with Gasteiger partial charge in [-0.25, -0.2) is 0 Å². The van der Waals surface area contributed by atoms with Gasteiger partial charge in [-0.3, -0.25) is 4.79 Å². The van der Waals surface area contributed by atoms with Crippen LogP contribution < -0.4 is 0 Å². The van der Waals surface area contributed by atoms with Crippen molar-refractivity contribution >= 4 is 22.9 Å². The van der Waals surface area contributed by atoms with Gasteiger partial charge in [0.05, 0.1) is 0 Å². The van der Waals surface area contributed by atoms with Gasteiger partial charge in [0.25, 0.3) is 0 Å². The van der Waals surface area contributed by atoms with E-state index in [1.165, 1.54) is 4.86 Å². The third-order valence-corrected chi connectivity index (χ3v) is 3.81. The molecule has 0 saturated heterocycles. The van der Waals surface area contributed by atoms with Crippen molar-refractivity contribution < 1.29 is 4.79 Å². The summed E-state index contributed by atoms with van der Waals surface area (Å²) in [4.78, 5) is 12.7. The Bertz CT molecular complexity index is 326. The molecule has 0 aromatic rings. The van der Waals surface area contributed by atoms with Gasteiger partial charge >= 0.3 is 0 Å². The Labute approximate surface area is 145 Å². The SMILES string of the molecule is CC(C)(C)CC(=O)C(C)(C)C.CC(C)(C)CC(=S)C(C)(C)C. The first-order valence-electron chi connectivity index (χ1n) is 8.32. The highest BCUT2D eigenvalue weighted by Gasteiger charge is 2.25. The minimum atomic E-state index is -0.173. The summed E-state index contributed by atoms with van der Waals surface area (Å²) in [7, 11) is 0. The summed E-state index contributed by atoms with van der Waals surface area (Å²) >= 11 is 5.34. The summed E-state index contributed by atoms with van der Waals surface area (Å²) in [6.07, 6.45) is 1.72. The fourth-order valence-corrected chi connectivity index (χ4v) is 1.93. The molecule has 0 rings (SSSR count). The molecule has 0 spiro atoms. The number of carbonyl (C=O) groups is 1. The minimum Gasteiger partial charge on any atom is -0.299 e. The van der Waals surface area contributed by atoms with E-state index in [2.05, 4.69) is 62.3 Å². The third kappa shape index (κ3) is 14.7. The van der Waals surface area contributed by atoms with Gasteiger partial charge < -0.3 is 0 Å². The quantitative estimate of drug-likeness (QED) is 0.514. The summed E-state index contributed by atoms with van der Waals surface area (Å²) < 4.78 is 0. The van der Waals surface area contributed by atoms with Gasteiger partial charge in [0, 0.05) is 11.8 Å². The number of thiocarbonyl (C=S) groups is 1. The lowest BCUT2D eigenvalue weighted by molar-refractivity contribution is -0.128. The lowest BCUT2D eigenvalue weighted by Crippen LogP contribution is -2.25. The molecule has 0 aromatic heterocycles. The number of carbonyl (C=O) groups excluding carboxylic acids is 1. The summed E-state index contributed by atoms with van der Waals surface area (Å²) in [6.45, 7) is 25.4. The average molecular weight is 329 g/mol. The van der Waals surface area contributed by atoms with Crippen molar-refractivity contribution in [3.05, 3.63) is 0 Å². The molecule has 0 bridgehead atoms. The van der Waals surface area contributed by atoms with Crippen LogP contribution in [0.4, 0.5) is 0 Å². The van der Waals surface area contributed by atoms with Crippen molar-refractivity contribution in [2.24, 2.45) is 21.7 Å². The molecular weight excluding hydrogens is 288 g/mol. The molecule has 0 aliphatic carbocycles. The van der Waals surface area contributed by atoms with Crippen molar-refractivity contribution in [2.45, 2.75) is 95.9 Å². The first-order valence-corrected chi connectivity index (χ1v) is 8.73. The second kappa shape index (κ2) is 8.04. The number of hydrogen-bond donors (Lipinski definition) is 0. The van der Waals surface area contributed by atoms with Crippen LogP contribution in [0.25, 0.3) is 0 Å². The smallest absolute Gasteiger partial charge is 0.138 e. The molecule has 0 aliphatic heterocycles. The largest absolute Gasteiger partial charge is 0.299 e. The fourth-order valence-electron chi connectivity index (χ4n) is 1.49. The highest BCUT2D eigenvalue weighted by Crippen LogP contribution is 2.28. The fraction of sp³-hybridized carbons (Fsp3) is 0.900. The lowest BCUT2D eigenvalue weighted by atomic mass is 9.80. The summed E-state index contributed by atoms with van der Waals surface area (Å²) in [5, 5.41) is 0. The molecule has 2 heteroatoms. The maximum atomic E-state index is 11.5. The average Bonchev–Trinajstić information content (AvgIpc) is 2.09. The predicted molar refractivity (Wildman–Crippen MR) is 105 cm³/mol. The summed E-state index contributed by atoms with van der Waals surface area (Å²) in [6, 6.07) is 0. The molecule has 0 saturated carbocycles. The molecule has 0 heterocycles. The number of ketones is 1. The molecule has 0 N–H and O–H groups in total. The molecule has 132 valence electrons. The van der Waals surface area contributed by atoms with Gasteiger partial charge in [0.2, 0.25) is 0 Å². The highest BCUT2D eigenvalue weighted by atomic mass is 32.1. The topological polar surface area (TPSA) is 17.1 Å². The van der Waals surface area contributed by atoms with E-state index in [4.69, 9.17) is 12.2 Å².